The lowest BCUT2D eigenvalue weighted by Crippen LogP contribution is -2.05. The monoisotopic (exact) mass is 382 g/mol. The maximum absolute atomic E-state index is 11.0. The minimum Gasteiger partial charge on any atom is -0.496 e. The van der Waals surface area contributed by atoms with E-state index in [0.29, 0.717) is 19.6 Å². The van der Waals surface area contributed by atoms with Gasteiger partial charge in [0.05, 0.1) is 33.2 Å². The zero-order valence-corrected chi connectivity index (χ0v) is 16.5. The second-order valence-electron chi connectivity index (χ2n) is 6.09. The standard InChI is InChI=1S/C19H26O6S/c1-22-12-17-16-8-7-14(6-5-9-25-26(4,20)21)10-15(16)11-19(24-3)18(17)13-23-2/h7-8,10-11H,5-6,9,12-13H2,1-4H3. The van der Waals surface area contributed by atoms with Crippen LogP contribution in [0.4, 0.5) is 0 Å². The SMILES string of the molecule is COCc1c(OC)cc2cc(CCCOS(C)(=O)=O)ccc2c1COC. The predicted molar refractivity (Wildman–Crippen MR) is 101 cm³/mol. The van der Waals surface area contributed by atoms with Crippen molar-refractivity contribution < 1.29 is 26.8 Å². The van der Waals surface area contributed by atoms with Crippen molar-refractivity contribution >= 4 is 20.9 Å². The number of aryl methyl sites for hydroxylation is 1. The lowest BCUT2D eigenvalue weighted by Gasteiger charge is -2.17. The number of hydrogen-bond donors (Lipinski definition) is 0. The molecule has 26 heavy (non-hydrogen) atoms. The molecule has 0 aliphatic rings. The Hall–Kier alpha value is -1.67. The molecular weight excluding hydrogens is 356 g/mol. The van der Waals surface area contributed by atoms with Crippen molar-refractivity contribution in [3.05, 3.63) is 41.0 Å². The van der Waals surface area contributed by atoms with Gasteiger partial charge in [-0.15, -0.1) is 0 Å². The van der Waals surface area contributed by atoms with Crippen LogP contribution in [0.2, 0.25) is 0 Å². The van der Waals surface area contributed by atoms with Gasteiger partial charge in [-0.2, -0.15) is 8.42 Å². The fourth-order valence-corrected chi connectivity index (χ4v) is 3.40. The summed E-state index contributed by atoms with van der Waals surface area (Å²) in [5, 5.41) is 2.14. The molecule has 0 heterocycles. The van der Waals surface area contributed by atoms with Gasteiger partial charge in [-0.05, 0) is 40.8 Å². The molecule has 7 heteroatoms. The van der Waals surface area contributed by atoms with Gasteiger partial charge < -0.3 is 14.2 Å². The van der Waals surface area contributed by atoms with Crippen LogP contribution < -0.4 is 4.74 Å². The first-order chi connectivity index (χ1) is 12.4. The lowest BCUT2D eigenvalue weighted by molar-refractivity contribution is 0.166. The van der Waals surface area contributed by atoms with E-state index >= 15 is 0 Å². The Morgan fingerprint density at radius 1 is 0.962 bits per heavy atom. The molecule has 0 saturated carbocycles. The van der Waals surface area contributed by atoms with Gasteiger partial charge in [-0.25, -0.2) is 0 Å². The van der Waals surface area contributed by atoms with Crippen molar-refractivity contribution in [1.29, 1.82) is 0 Å². The van der Waals surface area contributed by atoms with Crippen LogP contribution in [0, 0.1) is 0 Å². The molecule has 0 unspecified atom stereocenters. The van der Waals surface area contributed by atoms with E-state index in [-0.39, 0.29) is 6.61 Å². The van der Waals surface area contributed by atoms with Crippen LogP contribution in [0.3, 0.4) is 0 Å². The molecule has 0 fully saturated rings. The summed E-state index contributed by atoms with van der Waals surface area (Å²) in [4.78, 5) is 0. The van der Waals surface area contributed by atoms with Gasteiger partial charge >= 0.3 is 0 Å². The first-order valence-electron chi connectivity index (χ1n) is 8.33. The molecule has 0 spiro atoms. The van der Waals surface area contributed by atoms with Crippen molar-refractivity contribution in [3.63, 3.8) is 0 Å². The van der Waals surface area contributed by atoms with E-state index in [4.69, 9.17) is 18.4 Å². The Morgan fingerprint density at radius 3 is 2.27 bits per heavy atom. The third kappa shape index (κ3) is 5.41. The van der Waals surface area contributed by atoms with Gasteiger partial charge in [0.15, 0.2) is 0 Å². The zero-order chi connectivity index (χ0) is 19.2. The summed E-state index contributed by atoms with van der Waals surface area (Å²) < 4.78 is 43.1. The Kier molecular flexibility index (Phi) is 7.40. The van der Waals surface area contributed by atoms with Gasteiger partial charge in [0.1, 0.15) is 5.75 Å². The largest absolute Gasteiger partial charge is 0.496 e. The maximum Gasteiger partial charge on any atom is 0.264 e. The summed E-state index contributed by atoms with van der Waals surface area (Å²) in [6.07, 6.45) is 2.42. The second-order valence-corrected chi connectivity index (χ2v) is 7.73. The smallest absolute Gasteiger partial charge is 0.264 e. The van der Waals surface area contributed by atoms with E-state index in [1.54, 1.807) is 21.3 Å². The molecule has 0 aliphatic carbocycles. The molecule has 2 rings (SSSR count). The zero-order valence-electron chi connectivity index (χ0n) is 15.7. The van der Waals surface area contributed by atoms with E-state index in [1.165, 1.54) is 0 Å². The van der Waals surface area contributed by atoms with Gasteiger partial charge in [0, 0.05) is 19.8 Å². The average Bonchev–Trinajstić information content (AvgIpc) is 2.59. The number of methoxy groups -OCH3 is 3. The lowest BCUT2D eigenvalue weighted by atomic mass is 9.96. The van der Waals surface area contributed by atoms with Crippen LogP contribution in [0.25, 0.3) is 10.8 Å². The van der Waals surface area contributed by atoms with Crippen LogP contribution in [-0.4, -0.2) is 42.6 Å². The van der Waals surface area contributed by atoms with Crippen molar-refractivity contribution in [2.75, 3.05) is 34.2 Å². The summed E-state index contributed by atoms with van der Waals surface area (Å²) in [6.45, 7) is 1.10. The third-order valence-corrected chi connectivity index (χ3v) is 4.69. The van der Waals surface area contributed by atoms with Crippen molar-refractivity contribution in [3.8, 4) is 5.75 Å². The second kappa shape index (κ2) is 9.32. The van der Waals surface area contributed by atoms with Gasteiger partial charge in [0.25, 0.3) is 10.1 Å². The van der Waals surface area contributed by atoms with Crippen molar-refractivity contribution in [2.24, 2.45) is 0 Å². The van der Waals surface area contributed by atoms with E-state index in [9.17, 15) is 8.42 Å². The number of benzene rings is 2. The Morgan fingerprint density at radius 2 is 1.65 bits per heavy atom. The van der Waals surface area contributed by atoms with E-state index in [1.807, 2.05) is 12.1 Å². The van der Waals surface area contributed by atoms with Gasteiger partial charge in [0.2, 0.25) is 0 Å². The molecule has 0 amide bonds. The molecule has 6 nitrogen and oxygen atoms in total. The first-order valence-corrected chi connectivity index (χ1v) is 10.1. The molecule has 144 valence electrons. The highest BCUT2D eigenvalue weighted by Crippen LogP contribution is 2.33. The van der Waals surface area contributed by atoms with Gasteiger partial charge in [-0.3, -0.25) is 4.18 Å². The maximum atomic E-state index is 11.0. The van der Waals surface area contributed by atoms with Crippen molar-refractivity contribution in [1.82, 2.24) is 0 Å². The number of hydrogen-bond acceptors (Lipinski definition) is 6. The summed E-state index contributed by atoms with van der Waals surface area (Å²) in [6, 6.07) is 8.20. The normalized spacial score (nSPS) is 11.8. The topological polar surface area (TPSA) is 71.1 Å². The molecule has 0 bridgehead atoms. The minimum absolute atomic E-state index is 0.182. The van der Waals surface area contributed by atoms with Crippen LogP contribution >= 0.6 is 0 Å². The molecule has 0 aliphatic heterocycles. The predicted octanol–water partition coefficient (Wildman–Crippen LogP) is 3.05. The molecule has 2 aromatic rings. The molecule has 0 N–H and O–H groups in total. The summed E-state index contributed by atoms with van der Waals surface area (Å²) in [7, 11) is 1.57. The highest BCUT2D eigenvalue weighted by molar-refractivity contribution is 7.85. The number of fused-ring (bicyclic) bond motifs is 1. The molecule has 0 aromatic heterocycles. The highest BCUT2D eigenvalue weighted by Gasteiger charge is 2.14. The van der Waals surface area contributed by atoms with Crippen LogP contribution in [0.1, 0.15) is 23.1 Å². The van der Waals surface area contributed by atoms with Crippen molar-refractivity contribution in [2.45, 2.75) is 26.1 Å². The van der Waals surface area contributed by atoms with E-state index in [2.05, 4.69) is 12.1 Å². The Labute approximate surface area is 155 Å². The summed E-state index contributed by atoms with van der Waals surface area (Å²) >= 11 is 0. The minimum atomic E-state index is -3.39. The van der Waals surface area contributed by atoms with E-state index < -0.39 is 10.1 Å². The first kappa shape index (κ1) is 20.6. The number of ether oxygens (including phenoxy) is 3. The number of rotatable bonds is 10. The van der Waals surface area contributed by atoms with Gasteiger partial charge in [-0.1, -0.05) is 18.2 Å². The quantitative estimate of drug-likeness (QED) is 0.465. The summed E-state index contributed by atoms with van der Waals surface area (Å²) in [5.41, 5.74) is 3.15. The Bertz CT molecular complexity index is 845. The van der Waals surface area contributed by atoms with Crippen LogP contribution in [0.5, 0.6) is 5.75 Å². The fourth-order valence-electron chi connectivity index (χ4n) is 2.98. The van der Waals surface area contributed by atoms with Crippen LogP contribution in [0.15, 0.2) is 24.3 Å². The molecule has 2 aromatic carbocycles. The average molecular weight is 382 g/mol. The molecule has 0 atom stereocenters. The highest BCUT2D eigenvalue weighted by atomic mass is 32.2. The molecular formula is C19H26O6S. The third-order valence-electron chi connectivity index (χ3n) is 4.09. The molecule has 0 radical (unpaired) electrons. The van der Waals surface area contributed by atoms with E-state index in [0.717, 1.165) is 45.9 Å². The van der Waals surface area contributed by atoms with Crippen LogP contribution in [-0.2, 0) is 43.4 Å². The molecule has 0 saturated heterocycles. The Balaban J connectivity index is 2.31. The fraction of sp³-hybridized carbons (Fsp3) is 0.474. The summed E-state index contributed by atoms with van der Waals surface area (Å²) in [5.74, 6) is 0.768.